The van der Waals surface area contributed by atoms with Crippen molar-refractivity contribution in [1.29, 1.82) is 0 Å². The second kappa shape index (κ2) is 9.54. The van der Waals surface area contributed by atoms with Gasteiger partial charge in [-0.2, -0.15) is 10.1 Å². The number of hydrogen-bond donors (Lipinski definition) is 0. The number of rotatable bonds is 5. The summed E-state index contributed by atoms with van der Waals surface area (Å²) < 4.78 is 16.0. The maximum atomic E-state index is 15.1. The van der Waals surface area contributed by atoms with Gasteiger partial charge >= 0.3 is 0 Å². The quantitative estimate of drug-likeness (QED) is 0.299. The third kappa shape index (κ3) is 4.18. The standard InChI is InChI=1S/C28H22BrN2O2P/c29-22-18-16-21(17-19-22)26-20-27(28(32)31(30-26)23-10-4-1-5-11-23)34(33,24-12-6-2-7-13-24)25-14-8-3-9-15-25/h1-19,27H,20H2. The number of halogens is 1. The van der Waals surface area contributed by atoms with Crippen molar-refractivity contribution in [3.05, 3.63) is 125 Å². The molecule has 168 valence electrons. The summed E-state index contributed by atoms with van der Waals surface area (Å²) in [7, 11) is -3.36. The molecule has 1 unspecified atom stereocenters. The van der Waals surface area contributed by atoms with Crippen molar-refractivity contribution in [3.8, 4) is 0 Å². The van der Waals surface area contributed by atoms with Crippen molar-refractivity contribution in [2.24, 2.45) is 5.10 Å². The van der Waals surface area contributed by atoms with Crippen LogP contribution in [0.3, 0.4) is 0 Å². The van der Waals surface area contributed by atoms with Gasteiger partial charge in [-0.15, -0.1) is 0 Å². The van der Waals surface area contributed by atoms with Gasteiger partial charge in [-0.3, -0.25) is 4.79 Å². The van der Waals surface area contributed by atoms with Crippen molar-refractivity contribution >= 4 is 51.0 Å². The van der Waals surface area contributed by atoms with Crippen LogP contribution in [0.15, 0.2) is 125 Å². The second-order valence-corrected chi connectivity index (χ2v) is 12.0. The van der Waals surface area contributed by atoms with Gasteiger partial charge in [0, 0.05) is 21.5 Å². The lowest BCUT2D eigenvalue weighted by molar-refractivity contribution is -0.118. The average molecular weight is 529 g/mol. The first-order chi connectivity index (χ1) is 16.6. The summed E-state index contributed by atoms with van der Waals surface area (Å²) in [6, 6.07) is 35.9. The molecule has 5 rings (SSSR count). The molecule has 4 nitrogen and oxygen atoms in total. The normalized spacial score (nSPS) is 16.3. The zero-order valence-electron chi connectivity index (χ0n) is 18.3. The van der Waals surface area contributed by atoms with E-state index in [1.165, 1.54) is 5.01 Å². The zero-order valence-corrected chi connectivity index (χ0v) is 20.8. The van der Waals surface area contributed by atoms with Crippen LogP contribution >= 0.6 is 23.1 Å². The smallest absolute Gasteiger partial charge is 0.258 e. The van der Waals surface area contributed by atoms with E-state index >= 15 is 4.57 Å². The van der Waals surface area contributed by atoms with Crippen molar-refractivity contribution < 1.29 is 9.36 Å². The van der Waals surface area contributed by atoms with Gasteiger partial charge in [-0.05, 0) is 29.8 Å². The first kappa shape index (κ1) is 22.5. The summed E-state index contributed by atoms with van der Waals surface area (Å²) in [4.78, 5) is 14.0. The van der Waals surface area contributed by atoms with Gasteiger partial charge in [-0.1, -0.05) is 107 Å². The number of benzene rings is 4. The number of anilines is 1. The molecule has 6 heteroatoms. The van der Waals surface area contributed by atoms with Gasteiger partial charge in [0.1, 0.15) is 5.66 Å². The summed E-state index contributed by atoms with van der Waals surface area (Å²) in [6.07, 6.45) is 0.283. The fourth-order valence-corrected chi connectivity index (χ4v) is 7.65. The Morgan fingerprint density at radius 3 is 1.76 bits per heavy atom. The fourth-order valence-electron chi connectivity index (χ4n) is 4.29. The predicted octanol–water partition coefficient (Wildman–Crippen LogP) is 5.97. The molecule has 0 fully saturated rings. The first-order valence-corrected chi connectivity index (χ1v) is 13.6. The third-order valence-electron chi connectivity index (χ3n) is 6.00. The molecular weight excluding hydrogens is 507 g/mol. The van der Waals surface area contributed by atoms with E-state index in [1.807, 2.05) is 115 Å². The lowest BCUT2D eigenvalue weighted by Crippen LogP contribution is -2.45. The summed E-state index contributed by atoms with van der Waals surface area (Å²) in [5.74, 6) is -0.261. The highest BCUT2D eigenvalue weighted by Crippen LogP contribution is 2.52. The van der Waals surface area contributed by atoms with Gasteiger partial charge in [-0.25, -0.2) is 0 Å². The van der Waals surface area contributed by atoms with Gasteiger partial charge in [0.15, 0.2) is 7.14 Å². The van der Waals surface area contributed by atoms with Crippen LogP contribution in [0.4, 0.5) is 5.69 Å². The van der Waals surface area contributed by atoms with Gasteiger partial charge in [0.05, 0.1) is 11.4 Å². The SMILES string of the molecule is O=C1C(P(=O)(c2ccccc2)c2ccccc2)CC(c2ccc(Br)cc2)=NN1c1ccccc1. The Morgan fingerprint density at radius 2 is 1.24 bits per heavy atom. The largest absolute Gasteiger partial charge is 0.313 e. The van der Waals surface area contributed by atoms with Crippen LogP contribution in [0.1, 0.15) is 12.0 Å². The van der Waals surface area contributed by atoms with E-state index in [0.29, 0.717) is 16.3 Å². The van der Waals surface area contributed by atoms with E-state index in [0.717, 1.165) is 15.7 Å². The van der Waals surface area contributed by atoms with Crippen molar-refractivity contribution in [3.63, 3.8) is 0 Å². The molecule has 4 aromatic rings. The molecule has 1 atom stereocenters. The third-order valence-corrected chi connectivity index (χ3v) is 9.94. The molecule has 0 spiro atoms. The molecule has 0 N–H and O–H groups in total. The molecule has 0 saturated carbocycles. The summed E-state index contributed by atoms with van der Waals surface area (Å²) in [5.41, 5.74) is 1.50. The molecule has 1 aliphatic rings. The Morgan fingerprint density at radius 1 is 0.735 bits per heavy atom. The van der Waals surface area contributed by atoms with E-state index in [4.69, 9.17) is 5.10 Å². The van der Waals surface area contributed by atoms with E-state index in [-0.39, 0.29) is 12.3 Å². The molecule has 1 amide bonds. The minimum absolute atomic E-state index is 0.261. The minimum atomic E-state index is -3.36. The predicted molar refractivity (Wildman–Crippen MR) is 143 cm³/mol. The number of amides is 1. The van der Waals surface area contributed by atoms with E-state index in [9.17, 15) is 4.79 Å². The molecule has 34 heavy (non-hydrogen) atoms. The Labute approximate surface area is 207 Å². The van der Waals surface area contributed by atoms with Crippen molar-refractivity contribution in [2.45, 2.75) is 12.1 Å². The lowest BCUT2D eigenvalue weighted by Gasteiger charge is -2.34. The number of carbonyl (C=O) groups is 1. The first-order valence-electron chi connectivity index (χ1n) is 11.0. The Balaban J connectivity index is 1.70. The van der Waals surface area contributed by atoms with Crippen LogP contribution < -0.4 is 15.6 Å². The summed E-state index contributed by atoms with van der Waals surface area (Å²) in [6.45, 7) is 0. The number of hydrazone groups is 1. The zero-order chi connectivity index (χ0) is 23.5. The average Bonchev–Trinajstić information content (AvgIpc) is 2.90. The Bertz CT molecular complexity index is 1330. The molecule has 4 aromatic carbocycles. The molecule has 0 aromatic heterocycles. The van der Waals surface area contributed by atoms with Crippen LogP contribution in [0, 0.1) is 0 Å². The lowest BCUT2D eigenvalue weighted by atomic mass is 10.0. The topological polar surface area (TPSA) is 49.7 Å². The highest BCUT2D eigenvalue weighted by Gasteiger charge is 2.46. The fraction of sp³-hybridized carbons (Fsp3) is 0.0714. The van der Waals surface area contributed by atoms with Gasteiger partial charge in [0.25, 0.3) is 5.91 Å². The van der Waals surface area contributed by atoms with Gasteiger partial charge in [0.2, 0.25) is 0 Å². The summed E-state index contributed by atoms with van der Waals surface area (Å²) >= 11 is 3.48. The molecular formula is C28H22BrN2O2P. The van der Waals surface area contributed by atoms with E-state index < -0.39 is 12.8 Å². The molecule has 0 radical (unpaired) electrons. The number of hydrogen-bond acceptors (Lipinski definition) is 3. The maximum absolute atomic E-state index is 15.1. The van der Waals surface area contributed by atoms with E-state index in [1.54, 1.807) is 0 Å². The molecule has 1 heterocycles. The van der Waals surface area contributed by atoms with Crippen LogP contribution in [-0.2, 0) is 9.36 Å². The summed E-state index contributed by atoms with van der Waals surface area (Å²) in [5, 5.41) is 7.51. The van der Waals surface area contributed by atoms with Crippen molar-refractivity contribution in [1.82, 2.24) is 0 Å². The number of nitrogens with zero attached hydrogens (tertiary/aromatic N) is 2. The minimum Gasteiger partial charge on any atom is -0.313 e. The monoisotopic (exact) mass is 528 g/mol. The number of carbonyl (C=O) groups excluding carboxylic acids is 1. The number of para-hydroxylation sites is 1. The molecule has 0 bridgehead atoms. The maximum Gasteiger partial charge on any atom is 0.258 e. The second-order valence-electron chi connectivity index (χ2n) is 8.09. The van der Waals surface area contributed by atoms with Crippen LogP contribution in [0.25, 0.3) is 0 Å². The Kier molecular flexibility index (Phi) is 6.32. The van der Waals surface area contributed by atoms with Crippen LogP contribution in [-0.4, -0.2) is 17.3 Å². The highest BCUT2D eigenvalue weighted by molar-refractivity contribution is 9.10. The molecule has 0 aliphatic carbocycles. The Hall–Kier alpha value is -3.27. The van der Waals surface area contributed by atoms with Crippen LogP contribution in [0.2, 0.25) is 0 Å². The van der Waals surface area contributed by atoms with Gasteiger partial charge < -0.3 is 4.57 Å². The van der Waals surface area contributed by atoms with Crippen molar-refractivity contribution in [2.75, 3.05) is 5.01 Å². The highest BCUT2D eigenvalue weighted by atomic mass is 79.9. The van der Waals surface area contributed by atoms with E-state index in [2.05, 4.69) is 15.9 Å². The molecule has 1 aliphatic heterocycles. The van der Waals surface area contributed by atoms with Crippen LogP contribution in [0.5, 0.6) is 0 Å². The molecule has 0 saturated heterocycles.